The summed E-state index contributed by atoms with van der Waals surface area (Å²) in [6.45, 7) is 0.594. The highest BCUT2D eigenvalue weighted by Crippen LogP contribution is 2.15. The number of carbonyl (C=O) groups is 2. The molecule has 0 saturated heterocycles. The van der Waals surface area contributed by atoms with Crippen LogP contribution in [-0.4, -0.2) is 27.6 Å². The molecule has 0 aliphatic heterocycles. The van der Waals surface area contributed by atoms with E-state index in [1.54, 1.807) is 0 Å². The SMILES string of the molecule is O=C(O)CCC(Cc1ccccc1)NC(=O)CCn1ccc2ccccc21. The monoisotopic (exact) mass is 364 g/mol. The van der Waals surface area contributed by atoms with E-state index in [4.69, 9.17) is 5.11 Å². The van der Waals surface area contributed by atoms with E-state index in [1.807, 2.05) is 66.9 Å². The number of carboxylic acids is 1. The molecule has 1 heterocycles. The first-order valence-electron chi connectivity index (χ1n) is 9.21. The maximum absolute atomic E-state index is 12.4. The van der Waals surface area contributed by atoms with Gasteiger partial charge in [-0.2, -0.15) is 0 Å². The van der Waals surface area contributed by atoms with Gasteiger partial charge in [-0.3, -0.25) is 9.59 Å². The van der Waals surface area contributed by atoms with Gasteiger partial charge in [-0.05, 0) is 35.9 Å². The van der Waals surface area contributed by atoms with Gasteiger partial charge in [0.2, 0.25) is 5.91 Å². The predicted molar refractivity (Wildman–Crippen MR) is 106 cm³/mol. The molecule has 1 unspecified atom stereocenters. The summed E-state index contributed by atoms with van der Waals surface area (Å²) < 4.78 is 2.07. The van der Waals surface area contributed by atoms with Crippen LogP contribution in [0.2, 0.25) is 0 Å². The number of hydrogen-bond donors (Lipinski definition) is 2. The van der Waals surface area contributed by atoms with Crippen LogP contribution in [-0.2, 0) is 22.6 Å². The molecule has 1 aromatic heterocycles. The summed E-state index contributed by atoms with van der Waals surface area (Å²) in [5.74, 6) is -0.903. The molecular weight excluding hydrogens is 340 g/mol. The van der Waals surface area contributed by atoms with Gasteiger partial charge in [-0.25, -0.2) is 0 Å². The smallest absolute Gasteiger partial charge is 0.303 e. The highest BCUT2D eigenvalue weighted by Gasteiger charge is 2.15. The zero-order valence-electron chi connectivity index (χ0n) is 15.2. The fraction of sp³-hybridized carbons (Fsp3) is 0.273. The van der Waals surface area contributed by atoms with Gasteiger partial charge in [-0.1, -0.05) is 48.5 Å². The lowest BCUT2D eigenvalue weighted by atomic mass is 10.0. The highest BCUT2D eigenvalue weighted by molar-refractivity contribution is 5.80. The molecule has 5 nitrogen and oxygen atoms in total. The number of aromatic nitrogens is 1. The topological polar surface area (TPSA) is 71.3 Å². The van der Waals surface area contributed by atoms with Crippen LogP contribution in [0.15, 0.2) is 66.9 Å². The third-order valence-electron chi connectivity index (χ3n) is 4.66. The molecule has 3 aromatic rings. The number of aryl methyl sites for hydroxylation is 1. The van der Waals surface area contributed by atoms with Crippen LogP contribution in [0.1, 0.15) is 24.8 Å². The molecule has 3 rings (SSSR count). The lowest BCUT2D eigenvalue weighted by molar-refractivity contribution is -0.137. The number of nitrogens with one attached hydrogen (secondary N) is 1. The maximum atomic E-state index is 12.4. The van der Waals surface area contributed by atoms with Crippen LogP contribution in [0, 0.1) is 0 Å². The Morgan fingerprint density at radius 3 is 2.48 bits per heavy atom. The van der Waals surface area contributed by atoms with Crippen molar-refractivity contribution in [2.24, 2.45) is 0 Å². The number of fused-ring (bicyclic) bond motifs is 1. The Hall–Kier alpha value is -3.08. The third kappa shape index (κ3) is 5.45. The summed E-state index contributed by atoms with van der Waals surface area (Å²) in [6.07, 6.45) is 3.44. The van der Waals surface area contributed by atoms with Crippen LogP contribution in [0.4, 0.5) is 0 Å². The molecule has 0 aliphatic carbocycles. The van der Waals surface area contributed by atoms with Crippen molar-refractivity contribution in [2.45, 2.75) is 38.3 Å². The van der Waals surface area contributed by atoms with Crippen LogP contribution in [0.5, 0.6) is 0 Å². The minimum absolute atomic E-state index is 0.0417. The first kappa shape index (κ1) is 18.7. The molecular formula is C22H24N2O3. The van der Waals surface area contributed by atoms with E-state index in [0.717, 1.165) is 16.5 Å². The molecule has 0 fully saturated rings. The van der Waals surface area contributed by atoms with Gasteiger partial charge < -0.3 is 15.0 Å². The average Bonchev–Trinajstić information content (AvgIpc) is 3.08. The van der Waals surface area contributed by atoms with Crippen LogP contribution >= 0.6 is 0 Å². The van der Waals surface area contributed by atoms with Crippen LogP contribution in [0.25, 0.3) is 10.9 Å². The number of rotatable bonds is 9. The summed E-state index contributed by atoms with van der Waals surface area (Å²) in [7, 11) is 0. The minimum atomic E-state index is -0.846. The van der Waals surface area contributed by atoms with Gasteiger partial charge in [0.1, 0.15) is 0 Å². The summed E-state index contributed by atoms with van der Waals surface area (Å²) in [6, 6.07) is 19.7. The molecule has 0 bridgehead atoms. The molecule has 0 saturated carbocycles. The fourth-order valence-electron chi connectivity index (χ4n) is 3.28. The van der Waals surface area contributed by atoms with E-state index < -0.39 is 5.97 Å². The molecule has 0 spiro atoms. The third-order valence-corrected chi connectivity index (χ3v) is 4.66. The Morgan fingerprint density at radius 1 is 0.963 bits per heavy atom. The quantitative estimate of drug-likeness (QED) is 0.609. The van der Waals surface area contributed by atoms with Crippen LogP contribution < -0.4 is 5.32 Å². The van der Waals surface area contributed by atoms with E-state index in [9.17, 15) is 9.59 Å². The van der Waals surface area contributed by atoms with E-state index in [2.05, 4.69) is 9.88 Å². The number of aliphatic carboxylic acids is 1. The second-order valence-corrected chi connectivity index (χ2v) is 6.70. The van der Waals surface area contributed by atoms with Crippen molar-refractivity contribution in [3.8, 4) is 0 Å². The predicted octanol–water partition coefficient (Wildman–Crippen LogP) is 3.62. The summed E-state index contributed by atoms with van der Waals surface area (Å²) >= 11 is 0. The normalized spacial score (nSPS) is 12.0. The van der Waals surface area contributed by atoms with E-state index in [-0.39, 0.29) is 18.4 Å². The number of benzene rings is 2. The van der Waals surface area contributed by atoms with Crippen LogP contribution in [0.3, 0.4) is 0 Å². The molecule has 2 aromatic carbocycles. The molecule has 1 amide bonds. The van der Waals surface area contributed by atoms with Gasteiger partial charge in [0, 0.05) is 37.1 Å². The average molecular weight is 364 g/mol. The maximum Gasteiger partial charge on any atom is 0.303 e. The summed E-state index contributed by atoms with van der Waals surface area (Å²) in [5.41, 5.74) is 2.20. The van der Waals surface area contributed by atoms with E-state index in [0.29, 0.717) is 25.8 Å². The van der Waals surface area contributed by atoms with Gasteiger partial charge in [0.25, 0.3) is 0 Å². The largest absolute Gasteiger partial charge is 0.481 e. The lowest BCUT2D eigenvalue weighted by Gasteiger charge is -2.18. The number of para-hydroxylation sites is 1. The number of hydrogen-bond acceptors (Lipinski definition) is 2. The molecule has 2 N–H and O–H groups in total. The molecule has 27 heavy (non-hydrogen) atoms. The lowest BCUT2D eigenvalue weighted by Crippen LogP contribution is -2.37. The Bertz CT molecular complexity index is 902. The first-order chi connectivity index (χ1) is 13.1. The van der Waals surface area contributed by atoms with Crippen molar-refractivity contribution in [3.05, 3.63) is 72.4 Å². The van der Waals surface area contributed by atoms with Gasteiger partial charge in [0.15, 0.2) is 0 Å². The first-order valence-corrected chi connectivity index (χ1v) is 9.21. The fourth-order valence-corrected chi connectivity index (χ4v) is 3.28. The zero-order chi connectivity index (χ0) is 19.1. The second kappa shape index (κ2) is 9.03. The molecule has 0 radical (unpaired) electrons. The van der Waals surface area contributed by atoms with Crippen molar-refractivity contribution in [3.63, 3.8) is 0 Å². The van der Waals surface area contributed by atoms with Gasteiger partial charge >= 0.3 is 5.97 Å². The summed E-state index contributed by atoms with van der Waals surface area (Å²) in [4.78, 5) is 23.4. The Kier molecular flexibility index (Phi) is 6.26. The number of carboxylic acid groups (broad SMARTS) is 1. The highest BCUT2D eigenvalue weighted by atomic mass is 16.4. The molecule has 1 atom stereocenters. The van der Waals surface area contributed by atoms with Crippen molar-refractivity contribution >= 4 is 22.8 Å². The molecule has 140 valence electrons. The molecule has 0 aliphatic rings. The minimum Gasteiger partial charge on any atom is -0.481 e. The zero-order valence-corrected chi connectivity index (χ0v) is 15.2. The Labute approximate surface area is 158 Å². The van der Waals surface area contributed by atoms with Crippen molar-refractivity contribution < 1.29 is 14.7 Å². The van der Waals surface area contributed by atoms with Crippen molar-refractivity contribution in [1.29, 1.82) is 0 Å². The van der Waals surface area contributed by atoms with Gasteiger partial charge in [0.05, 0.1) is 0 Å². The summed E-state index contributed by atoms with van der Waals surface area (Å²) in [5, 5.41) is 13.1. The Morgan fingerprint density at radius 2 is 1.70 bits per heavy atom. The van der Waals surface area contributed by atoms with E-state index in [1.165, 1.54) is 0 Å². The van der Waals surface area contributed by atoms with Crippen molar-refractivity contribution in [2.75, 3.05) is 0 Å². The standard InChI is InChI=1S/C22H24N2O3/c25-21(13-15-24-14-12-18-8-4-5-9-20(18)24)23-19(10-11-22(26)27)16-17-6-2-1-3-7-17/h1-9,12,14,19H,10-11,13,15-16H2,(H,23,25)(H,26,27). The number of nitrogens with zero attached hydrogens (tertiary/aromatic N) is 1. The Balaban J connectivity index is 1.58. The van der Waals surface area contributed by atoms with E-state index >= 15 is 0 Å². The van der Waals surface area contributed by atoms with Gasteiger partial charge in [-0.15, -0.1) is 0 Å². The second-order valence-electron chi connectivity index (χ2n) is 6.70. The number of carbonyl (C=O) groups excluding carboxylic acids is 1. The number of amides is 1. The molecule has 5 heteroatoms. The van der Waals surface area contributed by atoms with Crippen molar-refractivity contribution in [1.82, 2.24) is 9.88 Å².